The van der Waals surface area contributed by atoms with Crippen LogP contribution in [0, 0.1) is 13.8 Å². The molecule has 0 aliphatic heterocycles. The van der Waals surface area contributed by atoms with E-state index in [0.29, 0.717) is 6.54 Å². The molecule has 0 fully saturated rings. The van der Waals surface area contributed by atoms with Crippen LogP contribution in [0.3, 0.4) is 0 Å². The summed E-state index contributed by atoms with van der Waals surface area (Å²) in [6.45, 7) is 4.88. The fourth-order valence-corrected chi connectivity index (χ4v) is 2.10. The molecule has 90 valence electrons. The van der Waals surface area contributed by atoms with Gasteiger partial charge < -0.3 is 10.3 Å². The number of imidazole rings is 1. The van der Waals surface area contributed by atoms with E-state index < -0.39 is 0 Å². The minimum Gasteiger partial charge on any atom is -0.337 e. The first-order valence-corrected chi connectivity index (χ1v) is 5.91. The summed E-state index contributed by atoms with van der Waals surface area (Å²) in [5, 5.41) is 0. The minimum atomic E-state index is 0.650. The summed E-state index contributed by atoms with van der Waals surface area (Å²) in [5.41, 5.74) is 11.7. The van der Waals surface area contributed by atoms with E-state index in [1.165, 1.54) is 22.4 Å². The molecule has 0 amide bonds. The van der Waals surface area contributed by atoms with Gasteiger partial charge in [0.15, 0.2) is 0 Å². The number of aromatic nitrogens is 2. The van der Waals surface area contributed by atoms with Gasteiger partial charge in [0.1, 0.15) is 0 Å². The van der Waals surface area contributed by atoms with Gasteiger partial charge in [-0.2, -0.15) is 0 Å². The van der Waals surface area contributed by atoms with E-state index in [1.807, 2.05) is 13.4 Å². The second kappa shape index (κ2) is 4.72. The van der Waals surface area contributed by atoms with Crippen molar-refractivity contribution in [2.75, 3.05) is 6.54 Å². The third kappa shape index (κ3) is 2.24. The van der Waals surface area contributed by atoms with E-state index >= 15 is 0 Å². The van der Waals surface area contributed by atoms with E-state index in [9.17, 15) is 0 Å². The Morgan fingerprint density at radius 1 is 1.29 bits per heavy atom. The molecule has 0 radical (unpaired) electrons. The molecule has 0 aliphatic carbocycles. The number of hydrogen-bond acceptors (Lipinski definition) is 2. The molecule has 3 nitrogen and oxygen atoms in total. The van der Waals surface area contributed by atoms with Crippen LogP contribution in [0.1, 0.15) is 16.8 Å². The maximum atomic E-state index is 5.66. The molecule has 3 heteroatoms. The second-order valence-electron chi connectivity index (χ2n) is 4.51. The summed E-state index contributed by atoms with van der Waals surface area (Å²) in [7, 11) is 2.02. The smallest absolute Gasteiger partial charge is 0.0953 e. The summed E-state index contributed by atoms with van der Waals surface area (Å²) in [6.07, 6.45) is 2.72. The van der Waals surface area contributed by atoms with Gasteiger partial charge in [0.2, 0.25) is 0 Å². The highest BCUT2D eigenvalue weighted by Gasteiger charge is 2.12. The van der Waals surface area contributed by atoms with Gasteiger partial charge in [-0.15, -0.1) is 0 Å². The van der Waals surface area contributed by atoms with Crippen molar-refractivity contribution in [3.63, 3.8) is 0 Å². The predicted molar refractivity (Wildman–Crippen MR) is 70.9 cm³/mol. The third-order valence-corrected chi connectivity index (χ3v) is 3.09. The van der Waals surface area contributed by atoms with E-state index in [1.54, 1.807) is 0 Å². The molecule has 0 unspecified atom stereocenters. The van der Waals surface area contributed by atoms with Crippen molar-refractivity contribution in [3.05, 3.63) is 41.3 Å². The van der Waals surface area contributed by atoms with Crippen LogP contribution in [0.15, 0.2) is 24.5 Å². The number of benzene rings is 1. The van der Waals surface area contributed by atoms with Crippen LogP contribution in [0.2, 0.25) is 0 Å². The lowest BCUT2D eigenvalue weighted by Gasteiger charge is -2.08. The largest absolute Gasteiger partial charge is 0.337 e. The molecular formula is C14H19N3. The fourth-order valence-electron chi connectivity index (χ4n) is 2.10. The maximum absolute atomic E-state index is 5.66. The Kier molecular flexibility index (Phi) is 3.29. The van der Waals surface area contributed by atoms with Crippen molar-refractivity contribution in [3.8, 4) is 11.3 Å². The number of nitrogens with zero attached hydrogens (tertiary/aromatic N) is 2. The minimum absolute atomic E-state index is 0.650. The molecule has 0 saturated heterocycles. The Morgan fingerprint density at radius 2 is 2.06 bits per heavy atom. The molecule has 0 spiro atoms. The molecule has 0 atom stereocenters. The summed E-state index contributed by atoms with van der Waals surface area (Å²) >= 11 is 0. The highest BCUT2D eigenvalue weighted by Crippen LogP contribution is 2.26. The molecule has 1 aromatic heterocycles. The summed E-state index contributed by atoms with van der Waals surface area (Å²) in [4.78, 5) is 4.51. The first kappa shape index (κ1) is 11.9. The molecule has 2 rings (SSSR count). The predicted octanol–water partition coefficient (Wildman–Crippen LogP) is 2.21. The number of aryl methyl sites for hydroxylation is 3. The monoisotopic (exact) mass is 229 g/mol. The van der Waals surface area contributed by atoms with Crippen molar-refractivity contribution in [1.29, 1.82) is 0 Å². The lowest BCUT2D eigenvalue weighted by Crippen LogP contribution is -2.07. The van der Waals surface area contributed by atoms with Gasteiger partial charge in [-0.3, -0.25) is 0 Å². The Balaban J connectivity index is 2.56. The molecule has 0 bridgehead atoms. The molecule has 2 N–H and O–H groups in total. The van der Waals surface area contributed by atoms with E-state index in [-0.39, 0.29) is 0 Å². The summed E-state index contributed by atoms with van der Waals surface area (Å²) in [5.74, 6) is 0. The molecule has 17 heavy (non-hydrogen) atoms. The number of rotatable bonds is 3. The van der Waals surface area contributed by atoms with Crippen molar-refractivity contribution >= 4 is 0 Å². The lowest BCUT2D eigenvalue weighted by atomic mass is 10.0. The van der Waals surface area contributed by atoms with Crippen LogP contribution in [-0.4, -0.2) is 16.1 Å². The van der Waals surface area contributed by atoms with Gasteiger partial charge in [0, 0.05) is 24.7 Å². The zero-order valence-corrected chi connectivity index (χ0v) is 10.7. The van der Waals surface area contributed by atoms with Crippen molar-refractivity contribution in [2.24, 2.45) is 12.8 Å². The van der Waals surface area contributed by atoms with Gasteiger partial charge in [0.25, 0.3) is 0 Å². The van der Waals surface area contributed by atoms with Crippen LogP contribution in [-0.2, 0) is 13.5 Å². The molecule has 2 aromatic rings. The zero-order chi connectivity index (χ0) is 12.4. The van der Waals surface area contributed by atoms with Crippen LogP contribution in [0.5, 0.6) is 0 Å². The van der Waals surface area contributed by atoms with Crippen molar-refractivity contribution in [2.45, 2.75) is 20.3 Å². The highest BCUT2D eigenvalue weighted by atomic mass is 15.0. The standard InChI is InChI=1S/C14H19N3/c1-10-4-5-11(2)12(8-10)14-13(6-7-15)17(3)9-16-14/h4-5,8-9H,6-7,15H2,1-3H3. The molecule has 1 heterocycles. The third-order valence-electron chi connectivity index (χ3n) is 3.09. The fraction of sp³-hybridized carbons (Fsp3) is 0.357. The summed E-state index contributed by atoms with van der Waals surface area (Å²) in [6, 6.07) is 6.47. The Hall–Kier alpha value is -1.61. The van der Waals surface area contributed by atoms with Gasteiger partial charge in [-0.05, 0) is 32.0 Å². The summed E-state index contributed by atoms with van der Waals surface area (Å²) < 4.78 is 2.06. The van der Waals surface area contributed by atoms with Gasteiger partial charge in [-0.1, -0.05) is 17.7 Å². The first-order chi connectivity index (χ1) is 8.13. The van der Waals surface area contributed by atoms with Crippen LogP contribution in [0.4, 0.5) is 0 Å². The second-order valence-corrected chi connectivity index (χ2v) is 4.51. The Labute approximate surface area is 102 Å². The average Bonchev–Trinajstić information content (AvgIpc) is 2.65. The van der Waals surface area contributed by atoms with Crippen molar-refractivity contribution in [1.82, 2.24) is 9.55 Å². The molecular weight excluding hydrogens is 210 g/mol. The average molecular weight is 229 g/mol. The highest BCUT2D eigenvalue weighted by molar-refractivity contribution is 5.66. The first-order valence-electron chi connectivity index (χ1n) is 5.91. The normalized spacial score (nSPS) is 10.8. The van der Waals surface area contributed by atoms with E-state index in [0.717, 1.165) is 12.1 Å². The van der Waals surface area contributed by atoms with Gasteiger partial charge in [0.05, 0.1) is 12.0 Å². The Bertz CT molecular complexity index is 526. The molecule has 0 aliphatic rings. The van der Waals surface area contributed by atoms with Crippen molar-refractivity contribution < 1.29 is 0 Å². The molecule has 1 aromatic carbocycles. The molecule has 0 saturated carbocycles. The number of hydrogen-bond donors (Lipinski definition) is 1. The topological polar surface area (TPSA) is 43.8 Å². The zero-order valence-electron chi connectivity index (χ0n) is 10.7. The van der Waals surface area contributed by atoms with Crippen LogP contribution >= 0.6 is 0 Å². The number of nitrogens with two attached hydrogens (primary N) is 1. The Morgan fingerprint density at radius 3 is 2.76 bits per heavy atom. The van der Waals surface area contributed by atoms with Gasteiger partial charge >= 0.3 is 0 Å². The van der Waals surface area contributed by atoms with Crippen LogP contribution < -0.4 is 5.73 Å². The lowest BCUT2D eigenvalue weighted by molar-refractivity contribution is 0.805. The SMILES string of the molecule is Cc1ccc(C)c(-c2ncn(C)c2CCN)c1. The van der Waals surface area contributed by atoms with Crippen LogP contribution in [0.25, 0.3) is 11.3 Å². The quantitative estimate of drug-likeness (QED) is 0.877. The maximum Gasteiger partial charge on any atom is 0.0953 e. The van der Waals surface area contributed by atoms with E-state index in [4.69, 9.17) is 5.73 Å². The van der Waals surface area contributed by atoms with Gasteiger partial charge in [-0.25, -0.2) is 4.98 Å². The van der Waals surface area contributed by atoms with E-state index in [2.05, 4.69) is 41.6 Å².